The first-order valence-electron chi connectivity index (χ1n) is 25.7. The summed E-state index contributed by atoms with van der Waals surface area (Å²) in [4.78, 5) is 43.0. The molecular formula is C61H74O13S. The number of ether oxygens (including phenoxy) is 10. The smallest absolute Gasteiger partial charge is 0.311 e. The largest absolute Gasteiger partial charge is 0.455 e. The van der Waals surface area contributed by atoms with Crippen LogP contribution >= 0.6 is 11.8 Å². The normalized spacial score (nSPS) is 24.2. The molecule has 0 aliphatic carbocycles. The Balaban J connectivity index is 1.30. The van der Waals surface area contributed by atoms with Gasteiger partial charge in [0, 0.05) is 4.90 Å². The van der Waals surface area contributed by atoms with Crippen molar-refractivity contribution in [3.05, 3.63) is 174 Å². The number of esters is 3. The molecule has 5 aromatic rings. The Bertz CT molecular complexity index is 2510. The summed E-state index contributed by atoms with van der Waals surface area (Å²) in [6, 6.07) is 48.8. The van der Waals surface area contributed by atoms with E-state index in [4.69, 9.17) is 47.4 Å². The third-order valence-electron chi connectivity index (χ3n) is 12.4. The van der Waals surface area contributed by atoms with E-state index in [-0.39, 0.29) is 33.0 Å². The maximum absolute atomic E-state index is 14.2. The Labute approximate surface area is 447 Å². The van der Waals surface area contributed by atoms with Gasteiger partial charge in [-0.1, -0.05) is 151 Å². The van der Waals surface area contributed by atoms with Crippen LogP contribution in [0, 0.1) is 16.2 Å². The van der Waals surface area contributed by atoms with Gasteiger partial charge in [0.15, 0.2) is 24.6 Å². The predicted molar refractivity (Wildman–Crippen MR) is 285 cm³/mol. The molecule has 2 fully saturated rings. The topological polar surface area (TPSA) is 144 Å². The van der Waals surface area contributed by atoms with Gasteiger partial charge in [0.25, 0.3) is 0 Å². The van der Waals surface area contributed by atoms with E-state index < -0.39 is 94.7 Å². The highest BCUT2D eigenvalue weighted by Crippen LogP contribution is 2.41. The highest BCUT2D eigenvalue weighted by Gasteiger charge is 2.56. The lowest BCUT2D eigenvalue weighted by Crippen LogP contribution is -2.64. The van der Waals surface area contributed by atoms with Crippen LogP contribution in [0.5, 0.6) is 0 Å². The number of carbonyl (C=O) groups excluding carboxylic acids is 3. The van der Waals surface area contributed by atoms with E-state index in [1.54, 1.807) is 62.3 Å². The molecule has 2 heterocycles. The van der Waals surface area contributed by atoms with Gasteiger partial charge in [-0.05, 0) is 96.7 Å². The number of rotatable bonds is 21. The monoisotopic (exact) mass is 1050 g/mol. The molecule has 13 nitrogen and oxygen atoms in total. The maximum Gasteiger partial charge on any atom is 0.311 e. The number of carbonyl (C=O) groups is 3. The molecule has 0 N–H and O–H groups in total. The molecule has 0 aromatic heterocycles. The van der Waals surface area contributed by atoms with Crippen LogP contribution in [0.2, 0.25) is 0 Å². The minimum Gasteiger partial charge on any atom is -0.455 e. The van der Waals surface area contributed by atoms with Gasteiger partial charge in [-0.2, -0.15) is 0 Å². The molecule has 0 radical (unpaired) electrons. The van der Waals surface area contributed by atoms with Crippen LogP contribution in [0.15, 0.2) is 157 Å². The molecule has 0 unspecified atom stereocenters. The first-order valence-corrected chi connectivity index (χ1v) is 26.6. The second-order valence-corrected chi connectivity index (χ2v) is 23.2. The van der Waals surface area contributed by atoms with Crippen LogP contribution in [0.3, 0.4) is 0 Å². The molecule has 10 atom stereocenters. The highest BCUT2D eigenvalue weighted by molar-refractivity contribution is 7.99. The van der Waals surface area contributed by atoms with E-state index in [1.165, 1.54) is 11.8 Å². The first kappa shape index (κ1) is 57.3. The molecule has 14 heteroatoms. The third-order valence-corrected chi connectivity index (χ3v) is 13.6. The molecule has 2 aliphatic rings. The lowest BCUT2D eigenvalue weighted by molar-refractivity contribution is -0.335. The molecular weight excluding hydrogens is 973 g/mol. The van der Waals surface area contributed by atoms with Gasteiger partial charge in [0.1, 0.15) is 36.0 Å². The summed E-state index contributed by atoms with van der Waals surface area (Å²) in [5.41, 5.74) is -0.217. The summed E-state index contributed by atoms with van der Waals surface area (Å²) in [5, 5.41) is 0. The number of hydrogen-bond donors (Lipinski definition) is 0. The van der Waals surface area contributed by atoms with Crippen LogP contribution in [-0.2, 0) is 88.2 Å². The average Bonchev–Trinajstić information content (AvgIpc) is 3.39. The van der Waals surface area contributed by atoms with Crippen LogP contribution < -0.4 is 0 Å². The highest BCUT2D eigenvalue weighted by atomic mass is 32.2. The van der Waals surface area contributed by atoms with Crippen LogP contribution in [-0.4, -0.2) is 91.7 Å². The predicted octanol–water partition coefficient (Wildman–Crippen LogP) is 11.1. The van der Waals surface area contributed by atoms with Crippen molar-refractivity contribution in [3.63, 3.8) is 0 Å². The Morgan fingerprint density at radius 1 is 0.400 bits per heavy atom. The second-order valence-electron chi connectivity index (χ2n) is 22.0. The Morgan fingerprint density at radius 3 is 1.23 bits per heavy atom. The molecule has 402 valence electrons. The molecule has 2 aliphatic heterocycles. The molecule has 0 bridgehead atoms. The molecule has 0 amide bonds. The fraction of sp³-hybridized carbons (Fsp3) is 0.459. The van der Waals surface area contributed by atoms with Gasteiger partial charge in [-0.25, -0.2) is 0 Å². The van der Waals surface area contributed by atoms with Crippen molar-refractivity contribution in [3.8, 4) is 0 Å². The number of benzene rings is 5. The quantitative estimate of drug-likeness (QED) is 0.0508. The van der Waals surface area contributed by atoms with Gasteiger partial charge < -0.3 is 47.4 Å². The summed E-state index contributed by atoms with van der Waals surface area (Å²) in [7, 11) is 0. The second kappa shape index (κ2) is 26.6. The van der Waals surface area contributed by atoms with Gasteiger partial charge in [-0.3, -0.25) is 14.4 Å². The molecule has 75 heavy (non-hydrogen) atoms. The van der Waals surface area contributed by atoms with E-state index in [0.29, 0.717) is 6.61 Å². The van der Waals surface area contributed by atoms with E-state index >= 15 is 0 Å². The van der Waals surface area contributed by atoms with Crippen molar-refractivity contribution in [2.45, 2.75) is 154 Å². The van der Waals surface area contributed by atoms with Crippen molar-refractivity contribution >= 4 is 29.7 Å². The van der Waals surface area contributed by atoms with Crippen molar-refractivity contribution in [2.75, 3.05) is 13.2 Å². The van der Waals surface area contributed by atoms with E-state index in [0.717, 1.165) is 27.1 Å². The average molecular weight is 1050 g/mol. The zero-order chi connectivity index (χ0) is 53.6. The third kappa shape index (κ3) is 16.8. The standard InChI is InChI=1S/C61H74O13S/c1-59(2,3)56(62)72-49-47(71-55(75-45-33-23-14-24-34-45)53(74-58(64)61(7,8)9)51(49)73-57(63)60(4,5)6)40-69-54-52(68-38-44-31-21-13-22-32-44)50(67-37-43-29-19-12-20-30-43)48(66-36-42-27-17-11-18-28-42)46(70-54)39-65-35-41-25-15-10-16-26-41/h10-34,46-55H,35-40H2,1-9H3/t46-,47-,48-,49-,50+,51+,52-,53-,54+,55+/m1/s1. The Kier molecular flexibility index (Phi) is 20.3. The summed E-state index contributed by atoms with van der Waals surface area (Å²) in [6.07, 6.45) is -9.54. The zero-order valence-electron chi connectivity index (χ0n) is 44.7. The molecule has 7 rings (SSSR count). The van der Waals surface area contributed by atoms with Gasteiger partial charge in [-0.15, -0.1) is 0 Å². The van der Waals surface area contributed by atoms with Crippen LogP contribution in [0.25, 0.3) is 0 Å². The molecule has 2 saturated heterocycles. The van der Waals surface area contributed by atoms with Crippen molar-refractivity contribution in [1.82, 2.24) is 0 Å². The van der Waals surface area contributed by atoms with Crippen LogP contribution in [0.1, 0.15) is 84.6 Å². The van der Waals surface area contributed by atoms with Crippen molar-refractivity contribution in [2.24, 2.45) is 16.2 Å². The summed E-state index contributed by atoms with van der Waals surface area (Å²) in [5.74, 6) is -1.77. The SMILES string of the molecule is CC(C)(C)C(=O)O[C@@H]1[C@@H](OC(=O)C(C)(C)C)[C@H](Sc2ccccc2)O[C@H](CO[C@H]2O[C@H](COCc3ccccc3)[C@@H](OCc3ccccc3)[C@H](OCc3ccccc3)[C@H]2OCc2ccccc2)[C@H]1OC(=O)C(C)(C)C. The Morgan fingerprint density at radius 2 is 0.773 bits per heavy atom. The number of hydrogen-bond acceptors (Lipinski definition) is 14. The van der Waals surface area contributed by atoms with E-state index in [2.05, 4.69) is 0 Å². The fourth-order valence-corrected chi connectivity index (χ4v) is 9.24. The van der Waals surface area contributed by atoms with Gasteiger partial charge in [0.05, 0.1) is 55.9 Å². The van der Waals surface area contributed by atoms with Crippen LogP contribution in [0.4, 0.5) is 0 Å². The molecule has 0 spiro atoms. The van der Waals surface area contributed by atoms with Crippen molar-refractivity contribution < 1.29 is 61.8 Å². The minimum absolute atomic E-state index is 0.0814. The molecule has 0 saturated carbocycles. The van der Waals surface area contributed by atoms with E-state index in [1.807, 2.05) is 152 Å². The maximum atomic E-state index is 14.2. The minimum atomic E-state index is -1.35. The van der Waals surface area contributed by atoms with Gasteiger partial charge in [0.2, 0.25) is 0 Å². The van der Waals surface area contributed by atoms with Crippen molar-refractivity contribution in [1.29, 1.82) is 0 Å². The zero-order valence-corrected chi connectivity index (χ0v) is 45.5. The summed E-state index contributed by atoms with van der Waals surface area (Å²) >= 11 is 1.28. The molecule has 5 aromatic carbocycles. The fourth-order valence-electron chi connectivity index (χ4n) is 8.11. The van der Waals surface area contributed by atoms with Gasteiger partial charge >= 0.3 is 17.9 Å². The Hall–Kier alpha value is -5.42. The lowest BCUT2D eigenvalue weighted by atomic mass is 9.93. The lowest BCUT2D eigenvalue weighted by Gasteiger charge is -2.48. The first-order chi connectivity index (χ1) is 35.8. The summed E-state index contributed by atoms with van der Waals surface area (Å²) < 4.78 is 67.4. The van der Waals surface area contributed by atoms with E-state index in [9.17, 15) is 14.4 Å². The summed E-state index contributed by atoms with van der Waals surface area (Å²) in [6.45, 7) is 16.2. The number of thioether (sulfide) groups is 1.